The number of hydrogen-bond acceptors (Lipinski definition) is 5. The monoisotopic (exact) mass is 243 g/mol. The third-order valence-corrected chi connectivity index (χ3v) is 2.29. The van der Waals surface area contributed by atoms with Gasteiger partial charge < -0.3 is 9.26 Å². The highest BCUT2D eigenvalue weighted by Crippen LogP contribution is 2.31. The quantitative estimate of drug-likeness (QED) is 0.825. The molecular weight excluding hydrogens is 230 g/mol. The molecule has 1 aromatic heterocycles. The summed E-state index contributed by atoms with van der Waals surface area (Å²) in [7, 11) is 0. The molecule has 1 aromatic carbocycles. The topological polar surface area (TPSA) is 71.9 Å². The molecule has 0 amide bonds. The maximum absolute atomic E-state index is 9.11. The maximum Gasteiger partial charge on any atom is 0.261 e. The van der Waals surface area contributed by atoms with Crippen molar-refractivity contribution in [2.75, 3.05) is 6.61 Å². The van der Waals surface area contributed by atoms with Gasteiger partial charge in [-0.3, -0.25) is 0 Å². The second-order valence-electron chi connectivity index (χ2n) is 4.25. The van der Waals surface area contributed by atoms with Crippen LogP contribution < -0.4 is 4.74 Å². The highest BCUT2D eigenvalue weighted by Gasteiger charge is 2.15. The van der Waals surface area contributed by atoms with Gasteiger partial charge in [-0.15, -0.1) is 0 Å². The molecule has 0 saturated carbocycles. The minimum absolute atomic E-state index is 0.353. The second kappa shape index (κ2) is 5.32. The van der Waals surface area contributed by atoms with Gasteiger partial charge in [-0.2, -0.15) is 10.2 Å². The molecule has 18 heavy (non-hydrogen) atoms. The number of para-hydroxylation sites is 1. The van der Waals surface area contributed by atoms with Crippen molar-refractivity contribution >= 4 is 0 Å². The summed E-state index contributed by atoms with van der Waals surface area (Å²) in [5.41, 5.74) is 1.11. The van der Waals surface area contributed by atoms with Crippen LogP contribution in [0.5, 0.6) is 5.75 Å². The molecular formula is C13H13N3O2. The van der Waals surface area contributed by atoms with E-state index >= 15 is 0 Å². The van der Waals surface area contributed by atoms with Crippen LogP contribution in [0.25, 0.3) is 11.5 Å². The van der Waals surface area contributed by atoms with E-state index in [9.17, 15) is 0 Å². The maximum atomic E-state index is 9.11. The summed E-state index contributed by atoms with van der Waals surface area (Å²) in [4.78, 5) is 3.98. The van der Waals surface area contributed by atoms with Crippen molar-refractivity contribution in [2.24, 2.45) is 5.92 Å². The predicted molar refractivity (Wildman–Crippen MR) is 64.8 cm³/mol. The summed E-state index contributed by atoms with van der Waals surface area (Å²) in [5.74, 6) is 1.22. The van der Waals surface area contributed by atoms with Crippen molar-refractivity contribution in [1.29, 1.82) is 5.26 Å². The fourth-order valence-electron chi connectivity index (χ4n) is 1.49. The molecule has 92 valence electrons. The zero-order chi connectivity index (χ0) is 13.0. The summed E-state index contributed by atoms with van der Waals surface area (Å²) >= 11 is 0. The van der Waals surface area contributed by atoms with Crippen LogP contribution in [0.15, 0.2) is 29.0 Å². The fourth-order valence-corrected chi connectivity index (χ4v) is 1.49. The molecule has 0 saturated heterocycles. The van der Waals surface area contributed by atoms with E-state index in [0.29, 0.717) is 35.3 Å². The SMILES string of the molecule is CC(C)COc1c(C#N)cccc1-c1ncno1. The molecule has 0 fully saturated rings. The zero-order valence-corrected chi connectivity index (χ0v) is 10.3. The van der Waals surface area contributed by atoms with Gasteiger partial charge in [0, 0.05) is 0 Å². The first-order valence-electron chi connectivity index (χ1n) is 5.65. The molecule has 5 heteroatoms. The number of ether oxygens (including phenoxy) is 1. The first-order chi connectivity index (χ1) is 8.72. The van der Waals surface area contributed by atoms with E-state index in [1.54, 1.807) is 18.2 Å². The fraction of sp³-hybridized carbons (Fsp3) is 0.308. The number of aromatic nitrogens is 2. The van der Waals surface area contributed by atoms with Crippen LogP contribution >= 0.6 is 0 Å². The minimum Gasteiger partial charge on any atom is -0.491 e. The van der Waals surface area contributed by atoms with E-state index in [-0.39, 0.29) is 0 Å². The molecule has 0 bridgehead atoms. The molecule has 0 atom stereocenters. The molecule has 2 aromatic rings. The molecule has 0 aliphatic carbocycles. The van der Waals surface area contributed by atoms with Crippen LogP contribution in [-0.2, 0) is 0 Å². The molecule has 5 nitrogen and oxygen atoms in total. The Bertz CT molecular complexity index is 556. The van der Waals surface area contributed by atoms with Crippen molar-refractivity contribution in [2.45, 2.75) is 13.8 Å². The highest BCUT2D eigenvalue weighted by atomic mass is 16.5. The Morgan fingerprint density at radius 2 is 2.28 bits per heavy atom. The van der Waals surface area contributed by atoms with Gasteiger partial charge in [-0.05, 0) is 18.1 Å². The number of nitriles is 1. The molecule has 1 heterocycles. The van der Waals surface area contributed by atoms with Crippen LogP contribution in [0.4, 0.5) is 0 Å². The van der Waals surface area contributed by atoms with Crippen molar-refractivity contribution in [3.63, 3.8) is 0 Å². The van der Waals surface area contributed by atoms with Crippen LogP contribution in [0.2, 0.25) is 0 Å². The molecule has 0 radical (unpaired) electrons. The molecule has 0 spiro atoms. The Morgan fingerprint density at radius 1 is 1.44 bits per heavy atom. The van der Waals surface area contributed by atoms with Crippen molar-refractivity contribution < 1.29 is 9.26 Å². The minimum atomic E-state index is 0.353. The third kappa shape index (κ3) is 2.48. The summed E-state index contributed by atoms with van der Waals surface area (Å²) in [6.45, 7) is 4.61. The van der Waals surface area contributed by atoms with Crippen LogP contribution in [0, 0.1) is 17.2 Å². The lowest BCUT2D eigenvalue weighted by molar-refractivity contribution is 0.270. The Hall–Kier alpha value is -2.35. The Kier molecular flexibility index (Phi) is 3.58. The van der Waals surface area contributed by atoms with Crippen LogP contribution in [0.1, 0.15) is 19.4 Å². The van der Waals surface area contributed by atoms with Gasteiger partial charge in [0.15, 0.2) is 6.33 Å². The largest absolute Gasteiger partial charge is 0.491 e. The van der Waals surface area contributed by atoms with Crippen molar-refractivity contribution in [1.82, 2.24) is 10.1 Å². The van der Waals surface area contributed by atoms with Gasteiger partial charge >= 0.3 is 0 Å². The zero-order valence-electron chi connectivity index (χ0n) is 10.3. The van der Waals surface area contributed by atoms with Gasteiger partial charge in [0.25, 0.3) is 5.89 Å². The average molecular weight is 243 g/mol. The first-order valence-corrected chi connectivity index (χ1v) is 5.65. The van der Waals surface area contributed by atoms with Crippen LogP contribution in [0.3, 0.4) is 0 Å². The van der Waals surface area contributed by atoms with Crippen molar-refractivity contribution in [3.05, 3.63) is 30.1 Å². The smallest absolute Gasteiger partial charge is 0.261 e. The Balaban J connectivity index is 2.43. The van der Waals surface area contributed by atoms with E-state index in [0.717, 1.165) is 0 Å². The summed E-state index contributed by atoms with van der Waals surface area (Å²) in [6, 6.07) is 7.37. The van der Waals surface area contributed by atoms with E-state index < -0.39 is 0 Å². The van der Waals surface area contributed by atoms with Crippen LogP contribution in [-0.4, -0.2) is 16.7 Å². The number of rotatable bonds is 4. The normalized spacial score (nSPS) is 10.3. The van der Waals surface area contributed by atoms with Crippen molar-refractivity contribution in [3.8, 4) is 23.3 Å². The highest BCUT2D eigenvalue weighted by molar-refractivity contribution is 5.67. The molecule has 2 rings (SSSR count). The van der Waals surface area contributed by atoms with Gasteiger partial charge in [-0.1, -0.05) is 25.1 Å². The predicted octanol–water partition coefficient (Wildman–Crippen LogP) is 2.64. The van der Waals surface area contributed by atoms with Gasteiger partial charge in [-0.25, -0.2) is 0 Å². The van der Waals surface area contributed by atoms with Gasteiger partial charge in [0.05, 0.1) is 17.7 Å². The van der Waals surface area contributed by atoms with Gasteiger partial charge in [0.2, 0.25) is 0 Å². The van der Waals surface area contributed by atoms with E-state index in [1.807, 2.05) is 13.8 Å². The van der Waals surface area contributed by atoms with E-state index in [2.05, 4.69) is 16.2 Å². The average Bonchev–Trinajstić information content (AvgIpc) is 2.89. The molecule has 0 unspecified atom stereocenters. The number of benzene rings is 1. The summed E-state index contributed by atoms with van der Waals surface area (Å²) < 4.78 is 10.7. The number of nitrogens with zero attached hydrogens (tertiary/aromatic N) is 3. The lowest BCUT2D eigenvalue weighted by atomic mass is 10.1. The standard InChI is InChI=1S/C13H13N3O2/c1-9(2)7-17-12-10(6-14)4-3-5-11(12)13-15-8-16-18-13/h3-5,8-9H,7H2,1-2H3. The first kappa shape index (κ1) is 12.1. The van der Waals surface area contributed by atoms with Gasteiger partial charge in [0.1, 0.15) is 11.8 Å². The summed E-state index contributed by atoms with van der Waals surface area (Å²) in [5, 5.41) is 12.7. The lowest BCUT2D eigenvalue weighted by Crippen LogP contribution is -2.06. The molecule has 0 N–H and O–H groups in total. The Labute approximate surface area is 105 Å². The van der Waals surface area contributed by atoms with E-state index in [1.165, 1.54) is 6.33 Å². The summed E-state index contributed by atoms with van der Waals surface area (Å²) in [6.07, 6.45) is 1.32. The third-order valence-electron chi connectivity index (χ3n) is 2.29. The Morgan fingerprint density at radius 3 is 2.89 bits per heavy atom. The number of hydrogen-bond donors (Lipinski definition) is 0. The molecule has 0 aliphatic rings. The lowest BCUT2D eigenvalue weighted by Gasteiger charge is -2.12. The van der Waals surface area contributed by atoms with E-state index in [4.69, 9.17) is 14.5 Å². The molecule has 0 aliphatic heterocycles. The second-order valence-corrected chi connectivity index (χ2v) is 4.25.